The first-order valence-corrected chi connectivity index (χ1v) is 12.3. The van der Waals surface area contributed by atoms with Crippen molar-refractivity contribution < 1.29 is 24.5 Å². The van der Waals surface area contributed by atoms with Crippen molar-refractivity contribution in [2.24, 2.45) is 17.3 Å². The number of aliphatic hydroxyl groups is 2. The van der Waals surface area contributed by atoms with E-state index in [9.17, 15) is 19.8 Å². The molecule has 1 aliphatic heterocycles. The lowest BCUT2D eigenvalue weighted by atomic mass is 9.73. The minimum atomic E-state index is -1.22. The Balaban J connectivity index is 2.33. The molecule has 0 spiro atoms. The first kappa shape index (κ1) is 27.9. The van der Waals surface area contributed by atoms with E-state index < -0.39 is 35.6 Å². The van der Waals surface area contributed by atoms with Crippen molar-refractivity contribution in [3.05, 3.63) is 47.3 Å². The minimum absolute atomic E-state index is 0.0473. The van der Waals surface area contributed by atoms with E-state index in [-0.39, 0.29) is 18.1 Å². The highest BCUT2D eigenvalue weighted by atomic mass is 16.5. The molecular weight excluding hydrogens is 430 g/mol. The topological polar surface area (TPSA) is 96.7 Å². The molecule has 0 amide bonds. The summed E-state index contributed by atoms with van der Waals surface area (Å²) in [4.78, 5) is 30.3. The molecular formula is C28H41NO5. The number of allylic oxidation sites excluding steroid dienone is 1. The fourth-order valence-electron chi connectivity index (χ4n) is 4.42. The number of Topliss-reactive ketones (excluding diaryl/α,β-unsaturated/α-hetero) is 1. The van der Waals surface area contributed by atoms with Gasteiger partial charge in [0.2, 0.25) is 0 Å². The molecule has 0 unspecified atom stereocenters. The van der Waals surface area contributed by atoms with Crippen LogP contribution in [0.1, 0.15) is 79.3 Å². The summed E-state index contributed by atoms with van der Waals surface area (Å²) in [5.74, 6) is -1.50. The van der Waals surface area contributed by atoms with Crippen LogP contribution in [0.15, 0.2) is 41.6 Å². The van der Waals surface area contributed by atoms with Gasteiger partial charge in [0.25, 0.3) is 0 Å². The number of ketones is 1. The number of aromatic nitrogens is 1. The second-order valence-electron chi connectivity index (χ2n) is 10.4. The van der Waals surface area contributed by atoms with Crippen molar-refractivity contribution in [1.82, 2.24) is 4.98 Å². The Morgan fingerprint density at radius 3 is 2.56 bits per heavy atom. The minimum Gasteiger partial charge on any atom is -0.457 e. The van der Waals surface area contributed by atoms with E-state index in [0.717, 1.165) is 30.5 Å². The van der Waals surface area contributed by atoms with Gasteiger partial charge < -0.3 is 14.9 Å². The fraction of sp³-hybridized carbons (Fsp3) is 0.607. The Hall–Kier alpha value is -2.31. The lowest BCUT2D eigenvalue weighted by molar-refractivity contribution is -0.154. The normalized spacial score (nSPS) is 31.9. The number of aliphatic hydroxyl groups excluding tert-OH is 2. The molecule has 2 rings (SSSR count). The van der Waals surface area contributed by atoms with Gasteiger partial charge in [0, 0.05) is 18.5 Å². The number of pyridine rings is 1. The molecule has 0 aliphatic carbocycles. The summed E-state index contributed by atoms with van der Waals surface area (Å²) in [5.41, 5.74) is 1.62. The molecule has 6 heteroatoms. The number of cyclic esters (lactones) is 1. The highest BCUT2D eigenvalue weighted by molar-refractivity contribution is 5.88. The number of carbonyl (C=O) groups excluding carboxylic acids is 2. The SMILES string of the molecule is CC(=Cc1ccccn1)[C@@H]1C/C=C(/C)CCC[C@H](C)[C@H](O)[C@@H](C)C(=O)C(C)(C)[C@@H](O)CC(=O)O1. The molecule has 2 heterocycles. The number of ether oxygens (including phenoxy) is 1. The average Bonchev–Trinajstić information content (AvgIpc) is 2.79. The Kier molecular flexibility index (Phi) is 10.2. The Labute approximate surface area is 204 Å². The molecule has 6 nitrogen and oxygen atoms in total. The fourth-order valence-corrected chi connectivity index (χ4v) is 4.42. The summed E-state index contributed by atoms with van der Waals surface area (Å²) >= 11 is 0. The Bertz CT molecular complexity index is 889. The monoisotopic (exact) mass is 471 g/mol. The second kappa shape index (κ2) is 12.4. The van der Waals surface area contributed by atoms with E-state index in [1.807, 2.05) is 38.1 Å². The van der Waals surface area contributed by atoms with E-state index in [1.54, 1.807) is 27.0 Å². The average molecular weight is 472 g/mol. The molecule has 34 heavy (non-hydrogen) atoms. The maximum atomic E-state index is 13.2. The molecule has 188 valence electrons. The van der Waals surface area contributed by atoms with Crippen LogP contribution in [0.25, 0.3) is 6.08 Å². The zero-order valence-corrected chi connectivity index (χ0v) is 21.5. The van der Waals surface area contributed by atoms with Crippen LogP contribution in [0.2, 0.25) is 0 Å². The summed E-state index contributed by atoms with van der Waals surface area (Å²) in [5, 5.41) is 21.6. The van der Waals surface area contributed by atoms with Crippen LogP contribution in [-0.2, 0) is 14.3 Å². The van der Waals surface area contributed by atoms with Crippen LogP contribution in [0.5, 0.6) is 0 Å². The highest BCUT2D eigenvalue weighted by Crippen LogP contribution is 2.32. The number of hydrogen-bond donors (Lipinski definition) is 2. The van der Waals surface area contributed by atoms with E-state index >= 15 is 0 Å². The predicted octanol–water partition coefficient (Wildman–Crippen LogP) is 4.90. The molecule has 1 aliphatic rings. The van der Waals surface area contributed by atoms with E-state index in [1.165, 1.54) is 5.57 Å². The van der Waals surface area contributed by atoms with E-state index in [2.05, 4.69) is 18.0 Å². The molecule has 0 fully saturated rings. The van der Waals surface area contributed by atoms with Crippen molar-refractivity contribution in [3.63, 3.8) is 0 Å². The number of carbonyl (C=O) groups is 2. The van der Waals surface area contributed by atoms with Crippen LogP contribution in [0.4, 0.5) is 0 Å². The van der Waals surface area contributed by atoms with Crippen LogP contribution >= 0.6 is 0 Å². The van der Waals surface area contributed by atoms with Gasteiger partial charge in [-0.2, -0.15) is 0 Å². The molecule has 1 aromatic heterocycles. The van der Waals surface area contributed by atoms with Crippen molar-refractivity contribution in [3.8, 4) is 0 Å². The summed E-state index contributed by atoms with van der Waals surface area (Å²) in [6.45, 7) is 10.9. The zero-order chi connectivity index (χ0) is 25.5. The van der Waals surface area contributed by atoms with Gasteiger partial charge in [0.05, 0.1) is 29.7 Å². The van der Waals surface area contributed by atoms with Gasteiger partial charge in [0.1, 0.15) is 11.9 Å². The van der Waals surface area contributed by atoms with Crippen molar-refractivity contribution in [1.29, 1.82) is 0 Å². The largest absolute Gasteiger partial charge is 0.457 e. The molecule has 0 radical (unpaired) electrons. The third-order valence-corrected chi connectivity index (χ3v) is 7.09. The number of nitrogens with zero attached hydrogens (tertiary/aromatic N) is 1. The van der Waals surface area contributed by atoms with Gasteiger partial charge in [-0.25, -0.2) is 0 Å². The summed E-state index contributed by atoms with van der Waals surface area (Å²) in [6.07, 6.45) is 5.95. The van der Waals surface area contributed by atoms with Gasteiger partial charge in [-0.05, 0) is 62.8 Å². The van der Waals surface area contributed by atoms with Gasteiger partial charge in [-0.15, -0.1) is 0 Å². The number of hydrogen-bond acceptors (Lipinski definition) is 6. The molecule has 0 aromatic carbocycles. The highest BCUT2D eigenvalue weighted by Gasteiger charge is 2.42. The van der Waals surface area contributed by atoms with Crippen molar-refractivity contribution >= 4 is 17.8 Å². The van der Waals surface area contributed by atoms with Gasteiger partial charge in [-0.1, -0.05) is 45.4 Å². The zero-order valence-electron chi connectivity index (χ0n) is 21.5. The van der Waals surface area contributed by atoms with Crippen LogP contribution in [0.3, 0.4) is 0 Å². The second-order valence-corrected chi connectivity index (χ2v) is 10.4. The third kappa shape index (κ3) is 7.60. The maximum Gasteiger partial charge on any atom is 0.309 e. The van der Waals surface area contributed by atoms with E-state index in [0.29, 0.717) is 6.42 Å². The van der Waals surface area contributed by atoms with Gasteiger partial charge in [-0.3, -0.25) is 14.6 Å². The summed E-state index contributed by atoms with van der Waals surface area (Å²) in [6, 6.07) is 5.63. The van der Waals surface area contributed by atoms with Crippen molar-refractivity contribution in [2.45, 2.75) is 92.0 Å². The smallest absolute Gasteiger partial charge is 0.309 e. The van der Waals surface area contributed by atoms with Gasteiger partial charge >= 0.3 is 5.97 Å². The standard InChI is InChI=1S/C28H41NO5/c1-18-10-9-11-19(2)26(32)21(4)27(33)28(5,6)24(30)17-25(31)34-23(14-13-18)20(3)16-22-12-7-8-15-29-22/h7-8,12-13,15-16,19,21,23-24,26,30,32H,9-11,14,17H2,1-6H3/b18-13-,20-16?/t19-,21+,23-,24-,26-/m0/s1. The number of rotatable bonds is 2. The predicted molar refractivity (Wildman–Crippen MR) is 134 cm³/mol. The van der Waals surface area contributed by atoms with Crippen LogP contribution in [-0.4, -0.2) is 45.3 Å². The van der Waals surface area contributed by atoms with E-state index in [4.69, 9.17) is 4.74 Å². The molecule has 5 atom stereocenters. The lowest BCUT2D eigenvalue weighted by Crippen LogP contribution is -2.45. The lowest BCUT2D eigenvalue weighted by Gasteiger charge is -2.34. The first-order chi connectivity index (χ1) is 15.9. The Morgan fingerprint density at radius 2 is 1.91 bits per heavy atom. The molecule has 1 aromatic rings. The third-order valence-electron chi connectivity index (χ3n) is 7.09. The molecule has 0 saturated heterocycles. The van der Waals surface area contributed by atoms with Crippen LogP contribution in [0, 0.1) is 17.3 Å². The summed E-state index contributed by atoms with van der Waals surface area (Å²) < 4.78 is 5.80. The van der Waals surface area contributed by atoms with Gasteiger partial charge in [0.15, 0.2) is 0 Å². The van der Waals surface area contributed by atoms with Crippen molar-refractivity contribution in [2.75, 3.05) is 0 Å². The molecule has 0 saturated carbocycles. The summed E-state index contributed by atoms with van der Waals surface area (Å²) in [7, 11) is 0. The maximum absolute atomic E-state index is 13.2. The molecule has 2 N–H and O–H groups in total. The molecule has 0 bridgehead atoms. The van der Waals surface area contributed by atoms with Crippen LogP contribution < -0.4 is 0 Å². The number of esters is 1. The first-order valence-electron chi connectivity index (χ1n) is 12.3. The quantitative estimate of drug-likeness (QED) is 0.471. The Morgan fingerprint density at radius 1 is 1.21 bits per heavy atom.